The first-order valence-electron chi connectivity index (χ1n) is 9.49. The fraction of sp³-hybridized carbons (Fsp3) is 0.455. The molecule has 0 aliphatic carbocycles. The molecule has 0 amide bonds. The predicted octanol–water partition coefficient (Wildman–Crippen LogP) is 5.28. The third-order valence-corrected chi connectivity index (χ3v) is 4.10. The van der Waals surface area contributed by atoms with Crippen LogP contribution in [0.3, 0.4) is 0 Å². The first-order chi connectivity index (χ1) is 12.8. The van der Waals surface area contributed by atoms with Crippen molar-refractivity contribution < 1.29 is 14.2 Å². The zero-order chi connectivity index (χ0) is 18.5. The molecule has 0 fully saturated rings. The molecule has 0 aliphatic rings. The number of rotatable bonds is 13. The number of benzene rings is 2. The van der Waals surface area contributed by atoms with E-state index in [0.717, 1.165) is 36.8 Å². The average molecular weight is 357 g/mol. The summed E-state index contributed by atoms with van der Waals surface area (Å²) in [5.74, 6) is 1.80. The highest BCUT2D eigenvalue weighted by Gasteiger charge is 1.99. The number of anilines is 1. The van der Waals surface area contributed by atoms with E-state index in [0.29, 0.717) is 13.2 Å². The van der Waals surface area contributed by atoms with Crippen molar-refractivity contribution in [2.75, 3.05) is 32.2 Å². The summed E-state index contributed by atoms with van der Waals surface area (Å²) in [5.41, 5.74) is 2.30. The minimum Gasteiger partial charge on any atom is -0.494 e. The van der Waals surface area contributed by atoms with Crippen molar-refractivity contribution >= 4 is 5.69 Å². The second-order valence-electron chi connectivity index (χ2n) is 6.27. The molecule has 0 aromatic heterocycles. The SMILES string of the molecule is CCCCCCOc1ccc(NCc2ccc(OCCOC)cc2)cc1. The van der Waals surface area contributed by atoms with E-state index in [9.17, 15) is 0 Å². The lowest BCUT2D eigenvalue weighted by Crippen LogP contribution is -2.04. The Hall–Kier alpha value is -2.20. The van der Waals surface area contributed by atoms with Crippen molar-refractivity contribution in [1.29, 1.82) is 0 Å². The van der Waals surface area contributed by atoms with Crippen LogP contribution < -0.4 is 14.8 Å². The highest BCUT2D eigenvalue weighted by Crippen LogP contribution is 2.18. The maximum atomic E-state index is 5.77. The van der Waals surface area contributed by atoms with Gasteiger partial charge >= 0.3 is 0 Å². The van der Waals surface area contributed by atoms with Gasteiger partial charge in [-0.05, 0) is 48.4 Å². The molecule has 2 rings (SSSR count). The molecule has 0 saturated carbocycles. The summed E-state index contributed by atoms with van der Waals surface area (Å²) >= 11 is 0. The smallest absolute Gasteiger partial charge is 0.119 e. The third-order valence-electron chi connectivity index (χ3n) is 4.10. The third kappa shape index (κ3) is 7.79. The molecule has 0 heterocycles. The Kier molecular flexibility index (Phi) is 9.44. The van der Waals surface area contributed by atoms with Gasteiger partial charge in [0.1, 0.15) is 18.1 Å². The Morgan fingerprint density at radius 2 is 1.38 bits per heavy atom. The average Bonchev–Trinajstić information content (AvgIpc) is 2.68. The Morgan fingerprint density at radius 1 is 0.731 bits per heavy atom. The van der Waals surface area contributed by atoms with Gasteiger partial charge in [-0.3, -0.25) is 0 Å². The summed E-state index contributed by atoms with van der Waals surface area (Å²) in [6.07, 6.45) is 4.90. The minimum absolute atomic E-state index is 0.571. The minimum atomic E-state index is 0.571. The zero-order valence-corrected chi connectivity index (χ0v) is 16.0. The second kappa shape index (κ2) is 12.2. The molecule has 26 heavy (non-hydrogen) atoms. The lowest BCUT2D eigenvalue weighted by molar-refractivity contribution is 0.146. The molecule has 0 spiro atoms. The number of unbranched alkanes of at least 4 members (excludes halogenated alkanes) is 3. The van der Waals surface area contributed by atoms with Gasteiger partial charge in [-0.1, -0.05) is 38.3 Å². The van der Waals surface area contributed by atoms with E-state index in [1.165, 1.54) is 24.8 Å². The van der Waals surface area contributed by atoms with Crippen molar-refractivity contribution in [3.05, 3.63) is 54.1 Å². The fourth-order valence-electron chi connectivity index (χ4n) is 2.54. The van der Waals surface area contributed by atoms with Crippen molar-refractivity contribution in [2.24, 2.45) is 0 Å². The summed E-state index contributed by atoms with van der Waals surface area (Å²) < 4.78 is 16.3. The highest BCUT2D eigenvalue weighted by atomic mass is 16.5. The van der Waals surface area contributed by atoms with E-state index in [4.69, 9.17) is 14.2 Å². The summed E-state index contributed by atoms with van der Waals surface area (Å²) in [5, 5.41) is 3.43. The second-order valence-corrected chi connectivity index (χ2v) is 6.27. The number of hydrogen-bond acceptors (Lipinski definition) is 4. The number of methoxy groups -OCH3 is 1. The van der Waals surface area contributed by atoms with E-state index >= 15 is 0 Å². The van der Waals surface area contributed by atoms with Crippen LogP contribution in [0.25, 0.3) is 0 Å². The van der Waals surface area contributed by atoms with Crippen molar-refractivity contribution in [2.45, 2.75) is 39.2 Å². The van der Waals surface area contributed by atoms with Gasteiger partial charge < -0.3 is 19.5 Å². The van der Waals surface area contributed by atoms with Gasteiger partial charge in [0.25, 0.3) is 0 Å². The van der Waals surface area contributed by atoms with Crippen LogP contribution in [0, 0.1) is 0 Å². The Balaban J connectivity index is 1.70. The standard InChI is InChI=1S/C22H31NO3/c1-3-4-5-6-15-25-22-13-9-20(10-14-22)23-18-19-7-11-21(12-8-19)26-17-16-24-2/h7-14,23H,3-6,15-18H2,1-2H3. The van der Waals surface area contributed by atoms with E-state index in [2.05, 4.69) is 36.5 Å². The molecular formula is C22H31NO3. The van der Waals surface area contributed by atoms with E-state index in [1.54, 1.807) is 7.11 Å². The zero-order valence-electron chi connectivity index (χ0n) is 16.0. The van der Waals surface area contributed by atoms with Crippen LogP contribution in [-0.4, -0.2) is 26.9 Å². The first-order valence-corrected chi connectivity index (χ1v) is 9.49. The van der Waals surface area contributed by atoms with Crippen LogP contribution in [-0.2, 0) is 11.3 Å². The Bertz CT molecular complexity index is 596. The largest absolute Gasteiger partial charge is 0.494 e. The van der Waals surface area contributed by atoms with Crippen LogP contribution in [0.4, 0.5) is 5.69 Å². The van der Waals surface area contributed by atoms with Gasteiger partial charge in [0.05, 0.1) is 13.2 Å². The van der Waals surface area contributed by atoms with Gasteiger partial charge in [-0.25, -0.2) is 0 Å². The monoisotopic (exact) mass is 357 g/mol. The van der Waals surface area contributed by atoms with Crippen LogP contribution in [0.1, 0.15) is 38.2 Å². The van der Waals surface area contributed by atoms with Crippen molar-refractivity contribution in [3.63, 3.8) is 0 Å². The number of hydrogen-bond donors (Lipinski definition) is 1. The quantitative estimate of drug-likeness (QED) is 0.495. The lowest BCUT2D eigenvalue weighted by Gasteiger charge is -2.10. The van der Waals surface area contributed by atoms with E-state index < -0.39 is 0 Å². The maximum absolute atomic E-state index is 5.77. The molecule has 2 aromatic rings. The number of ether oxygens (including phenoxy) is 3. The molecule has 1 N–H and O–H groups in total. The molecule has 0 radical (unpaired) electrons. The van der Waals surface area contributed by atoms with Gasteiger partial charge in [0.2, 0.25) is 0 Å². The fourth-order valence-corrected chi connectivity index (χ4v) is 2.54. The molecule has 2 aromatic carbocycles. The normalized spacial score (nSPS) is 10.5. The molecule has 4 heteroatoms. The summed E-state index contributed by atoms with van der Waals surface area (Å²) in [4.78, 5) is 0. The molecule has 142 valence electrons. The number of nitrogens with one attached hydrogen (secondary N) is 1. The summed E-state index contributed by atoms with van der Waals surface area (Å²) in [7, 11) is 1.67. The molecule has 0 atom stereocenters. The van der Waals surface area contributed by atoms with Gasteiger partial charge in [-0.15, -0.1) is 0 Å². The first kappa shape index (κ1) is 20.1. The Labute approximate surface area is 157 Å². The lowest BCUT2D eigenvalue weighted by atomic mass is 10.2. The van der Waals surface area contributed by atoms with Crippen molar-refractivity contribution in [3.8, 4) is 11.5 Å². The van der Waals surface area contributed by atoms with Gasteiger partial charge in [0.15, 0.2) is 0 Å². The molecule has 0 aliphatic heterocycles. The highest BCUT2D eigenvalue weighted by molar-refractivity contribution is 5.47. The molecule has 0 bridgehead atoms. The summed E-state index contributed by atoms with van der Waals surface area (Å²) in [6, 6.07) is 16.3. The maximum Gasteiger partial charge on any atom is 0.119 e. The predicted molar refractivity (Wildman–Crippen MR) is 107 cm³/mol. The van der Waals surface area contributed by atoms with E-state index in [1.807, 2.05) is 24.3 Å². The van der Waals surface area contributed by atoms with Crippen LogP contribution in [0.5, 0.6) is 11.5 Å². The van der Waals surface area contributed by atoms with Crippen LogP contribution in [0.15, 0.2) is 48.5 Å². The van der Waals surface area contributed by atoms with Crippen LogP contribution >= 0.6 is 0 Å². The van der Waals surface area contributed by atoms with Crippen molar-refractivity contribution in [1.82, 2.24) is 0 Å². The topological polar surface area (TPSA) is 39.7 Å². The van der Waals surface area contributed by atoms with Crippen LogP contribution in [0.2, 0.25) is 0 Å². The molecule has 4 nitrogen and oxygen atoms in total. The molecule has 0 unspecified atom stereocenters. The Morgan fingerprint density at radius 3 is 2.04 bits per heavy atom. The molecule has 0 saturated heterocycles. The van der Waals surface area contributed by atoms with E-state index in [-0.39, 0.29) is 0 Å². The molecular weight excluding hydrogens is 326 g/mol. The summed E-state index contributed by atoms with van der Waals surface area (Å²) in [6.45, 7) is 4.96. The van der Waals surface area contributed by atoms with Gasteiger partial charge in [-0.2, -0.15) is 0 Å². The van der Waals surface area contributed by atoms with Gasteiger partial charge in [0, 0.05) is 19.3 Å².